The zero-order valence-corrected chi connectivity index (χ0v) is 19.6. The minimum atomic E-state index is -3.80. The molecule has 6 nitrogen and oxygen atoms in total. The number of rotatable bonds is 4. The van der Waals surface area contributed by atoms with Crippen LogP contribution in [0, 0.1) is 0 Å². The van der Waals surface area contributed by atoms with Crippen molar-refractivity contribution in [1.29, 1.82) is 0 Å². The lowest BCUT2D eigenvalue weighted by molar-refractivity contribution is 0.593. The molecule has 0 aliphatic carbocycles. The third kappa shape index (κ3) is 3.80. The van der Waals surface area contributed by atoms with Crippen LogP contribution in [-0.4, -0.2) is 31.5 Å². The Balaban J connectivity index is 1.64. The summed E-state index contributed by atoms with van der Waals surface area (Å²) >= 11 is 3.46. The van der Waals surface area contributed by atoms with Crippen LogP contribution in [-0.2, 0) is 16.6 Å². The van der Waals surface area contributed by atoms with Gasteiger partial charge in [-0.3, -0.25) is 4.31 Å². The predicted molar refractivity (Wildman–Crippen MR) is 130 cm³/mol. The maximum atomic E-state index is 14.0. The lowest BCUT2D eigenvalue weighted by atomic mass is 10.0. The topological polar surface area (TPSA) is 69.3 Å². The summed E-state index contributed by atoms with van der Waals surface area (Å²) in [6, 6.07) is 23.0. The molecular formula is C24H21BrN4O2S. The second-order valence-corrected chi connectivity index (χ2v) is 10.3. The van der Waals surface area contributed by atoms with E-state index in [0.29, 0.717) is 31.0 Å². The Hall–Kier alpha value is -3.10. The van der Waals surface area contributed by atoms with Crippen LogP contribution in [0.5, 0.6) is 0 Å². The van der Waals surface area contributed by atoms with Crippen molar-refractivity contribution in [2.75, 3.05) is 22.3 Å². The third-order valence-corrected chi connectivity index (χ3v) is 7.91. The Labute approximate surface area is 195 Å². The minimum absolute atomic E-state index is 0.284. The van der Waals surface area contributed by atoms with Gasteiger partial charge in [-0.05, 0) is 29.8 Å². The van der Waals surface area contributed by atoms with Gasteiger partial charge in [-0.1, -0.05) is 64.5 Å². The van der Waals surface area contributed by atoms with Crippen molar-refractivity contribution in [2.45, 2.75) is 11.4 Å². The lowest BCUT2D eigenvalue weighted by Gasteiger charge is -2.25. The molecule has 2 heterocycles. The number of fused-ring (bicyclic) bond motifs is 1. The van der Waals surface area contributed by atoms with Crippen molar-refractivity contribution in [1.82, 2.24) is 9.97 Å². The molecule has 0 spiro atoms. The van der Waals surface area contributed by atoms with Gasteiger partial charge in [0, 0.05) is 22.8 Å². The summed E-state index contributed by atoms with van der Waals surface area (Å²) in [5.41, 5.74) is 4.14. The predicted octanol–water partition coefficient (Wildman–Crippen LogP) is 5.05. The molecule has 3 aromatic carbocycles. The average molecular weight is 509 g/mol. The largest absolute Gasteiger partial charge is 0.363 e. The summed E-state index contributed by atoms with van der Waals surface area (Å²) in [4.78, 5) is 9.58. The molecule has 1 aliphatic heterocycles. The van der Waals surface area contributed by atoms with E-state index in [1.165, 1.54) is 4.31 Å². The van der Waals surface area contributed by atoms with Gasteiger partial charge in [0.2, 0.25) is 0 Å². The first kappa shape index (κ1) is 20.8. The number of benzene rings is 3. The minimum Gasteiger partial charge on any atom is -0.363 e. The van der Waals surface area contributed by atoms with E-state index in [9.17, 15) is 8.42 Å². The lowest BCUT2D eigenvalue weighted by Crippen LogP contribution is -2.35. The molecule has 0 saturated carbocycles. The van der Waals surface area contributed by atoms with Crippen LogP contribution in [0.25, 0.3) is 11.1 Å². The number of anilines is 2. The SMILES string of the molecule is O=S1(=O)c2cc(Br)ccc2N(Cc2cnc[nH]2)CCN1c1ccccc1-c1ccccc1. The number of aromatic nitrogens is 2. The van der Waals surface area contributed by atoms with Crippen molar-refractivity contribution in [3.63, 3.8) is 0 Å². The van der Waals surface area contributed by atoms with Gasteiger partial charge in [0.05, 0.1) is 36.5 Å². The van der Waals surface area contributed by atoms with E-state index in [0.717, 1.165) is 21.3 Å². The van der Waals surface area contributed by atoms with E-state index in [2.05, 4.69) is 30.8 Å². The molecule has 1 aliphatic rings. The van der Waals surface area contributed by atoms with Crippen LogP contribution in [0.15, 0.2) is 94.7 Å². The first-order chi connectivity index (χ1) is 15.5. The molecule has 0 atom stereocenters. The van der Waals surface area contributed by atoms with E-state index >= 15 is 0 Å². The number of para-hydroxylation sites is 1. The van der Waals surface area contributed by atoms with Gasteiger partial charge in [-0.25, -0.2) is 13.4 Å². The van der Waals surface area contributed by atoms with Crippen molar-refractivity contribution in [3.8, 4) is 11.1 Å². The zero-order valence-electron chi connectivity index (χ0n) is 17.1. The fourth-order valence-corrected chi connectivity index (χ4v) is 6.30. The van der Waals surface area contributed by atoms with Crippen molar-refractivity contribution in [3.05, 3.63) is 95.5 Å². The van der Waals surface area contributed by atoms with Gasteiger partial charge < -0.3 is 9.88 Å². The van der Waals surface area contributed by atoms with Gasteiger partial charge in [0.15, 0.2) is 0 Å². The monoisotopic (exact) mass is 508 g/mol. The van der Waals surface area contributed by atoms with E-state index in [4.69, 9.17) is 0 Å². The number of nitrogens with zero attached hydrogens (tertiary/aromatic N) is 3. The van der Waals surface area contributed by atoms with Crippen LogP contribution in [0.2, 0.25) is 0 Å². The van der Waals surface area contributed by atoms with Gasteiger partial charge in [0.1, 0.15) is 4.90 Å². The number of nitrogens with one attached hydrogen (secondary N) is 1. The maximum absolute atomic E-state index is 14.0. The van der Waals surface area contributed by atoms with Gasteiger partial charge in [-0.15, -0.1) is 0 Å². The number of hydrogen-bond donors (Lipinski definition) is 1. The van der Waals surface area contributed by atoms with Crippen LogP contribution in [0.1, 0.15) is 5.69 Å². The Bertz CT molecular complexity index is 1340. The van der Waals surface area contributed by atoms with E-state index in [-0.39, 0.29) is 4.90 Å². The molecule has 5 rings (SSSR count). The van der Waals surface area contributed by atoms with Crippen LogP contribution in [0.3, 0.4) is 0 Å². The molecule has 0 amide bonds. The summed E-state index contributed by atoms with van der Waals surface area (Å²) in [6.45, 7) is 1.40. The van der Waals surface area contributed by atoms with E-state index in [1.54, 1.807) is 18.6 Å². The van der Waals surface area contributed by atoms with Crippen molar-refractivity contribution in [2.24, 2.45) is 0 Å². The van der Waals surface area contributed by atoms with Crippen molar-refractivity contribution < 1.29 is 8.42 Å². The molecule has 0 unspecified atom stereocenters. The molecule has 0 saturated heterocycles. The molecule has 162 valence electrons. The molecule has 32 heavy (non-hydrogen) atoms. The smallest absolute Gasteiger partial charge is 0.266 e. The van der Waals surface area contributed by atoms with Crippen LogP contribution < -0.4 is 9.21 Å². The maximum Gasteiger partial charge on any atom is 0.266 e. The number of imidazole rings is 1. The van der Waals surface area contributed by atoms with E-state index in [1.807, 2.05) is 66.7 Å². The average Bonchev–Trinajstić information content (AvgIpc) is 3.29. The first-order valence-corrected chi connectivity index (χ1v) is 12.5. The summed E-state index contributed by atoms with van der Waals surface area (Å²) in [7, 11) is -3.80. The molecule has 0 radical (unpaired) electrons. The summed E-state index contributed by atoms with van der Waals surface area (Å²) in [5, 5.41) is 0. The van der Waals surface area contributed by atoms with Crippen molar-refractivity contribution >= 4 is 37.3 Å². The standard InChI is InChI=1S/C24H21BrN4O2S/c25-19-10-11-23-24(14-19)32(30,31)29(13-12-28(23)16-20-15-26-17-27-20)22-9-5-4-8-21(22)18-6-2-1-3-7-18/h1-11,14-15,17H,12-13,16H2,(H,26,27). The van der Waals surface area contributed by atoms with Gasteiger partial charge >= 0.3 is 0 Å². The number of aromatic amines is 1. The molecule has 1 aromatic heterocycles. The molecular weight excluding hydrogens is 488 g/mol. The normalized spacial score (nSPS) is 15.3. The van der Waals surface area contributed by atoms with Crippen LogP contribution in [0.4, 0.5) is 11.4 Å². The Morgan fingerprint density at radius 3 is 2.50 bits per heavy atom. The number of hydrogen-bond acceptors (Lipinski definition) is 4. The van der Waals surface area contributed by atoms with Crippen LogP contribution >= 0.6 is 15.9 Å². The number of halogens is 1. The quantitative estimate of drug-likeness (QED) is 0.418. The first-order valence-electron chi connectivity index (χ1n) is 10.2. The summed E-state index contributed by atoms with van der Waals surface area (Å²) in [6.07, 6.45) is 3.40. The van der Waals surface area contributed by atoms with Gasteiger partial charge in [-0.2, -0.15) is 0 Å². The summed E-state index contributed by atoms with van der Waals surface area (Å²) in [5.74, 6) is 0. The summed E-state index contributed by atoms with van der Waals surface area (Å²) < 4.78 is 30.2. The molecule has 4 aromatic rings. The Morgan fingerprint density at radius 1 is 0.938 bits per heavy atom. The molecule has 0 fully saturated rings. The van der Waals surface area contributed by atoms with Gasteiger partial charge in [0.25, 0.3) is 10.0 Å². The highest BCUT2D eigenvalue weighted by molar-refractivity contribution is 9.10. The third-order valence-electron chi connectivity index (χ3n) is 5.58. The molecule has 1 N–H and O–H groups in total. The fraction of sp³-hybridized carbons (Fsp3) is 0.125. The van der Waals surface area contributed by atoms with E-state index < -0.39 is 10.0 Å². The second-order valence-electron chi connectivity index (χ2n) is 7.57. The fourth-order valence-electron chi connectivity index (χ4n) is 4.07. The highest BCUT2D eigenvalue weighted by Crippen LogP contribution is 2.39. The molecule has 0 bridgehead atoms. The Kier molecular flexibility index (Phi) is 5.48. The Morgan fingerprint density at radius 2 is 1.72 bits per heavy atom. The molecule has 8 heteroatoms. The second kappa shape index (κ2) is 8.44. The highest BCUT2D eigenvalue weighted by Gasteiger charge is 2.34. The highest BCUT2D eigenvalue weighted by atomic mass is 79.9. The number of H-pyrrole nitrogens is 1. The number of sulfonamides is 1. The zero-order chi connectivity index (χ0) is 22.1.